The standard InChI is InChI=1S/C35H46O12/c1-8-16(2)29(41)46-30-31(5)21-12-22(38)33(7)27(34(21,15-43-30)23(39)13-24(31)44-17(3)36)26(40)28(45-18(4)37)32(6)20(19-9-10-42-14-19)11-25-35(32,33)47-25/h9-10,14,16,20-25,27-28,30,38-39H,8,11-13,15H2,1-7H3/t16?,20-,21-,22+,23-,24+,25+,27-,28-,30-,31?,32+,33+,34+,35+/m0/s1. The minimum atomic E-state index is -1.32. The lowest BCUT2D eigenvalue weighted by atomic mass is 9.33. The molecule has 4 aliphatic carbocycles. The number of rotatable bonds is 6. The quantitative estimate of drug-likeness (QED) is 0.260. The number of carbonyl (C=O) groups is 4. The van der Waals surface area contributed by atoms with Crippen LogP contribution >= 0.6 is 0 Å². The number of aliphatic hydroxyl groups excluding tert-OH is 2. The monoisotopic (exact) mass is 658 g/mol. The molecule has 47 heavy (non-hydrogen) atoms. The van der Waals surface area contributed by atoms with Gasteiger partial charge in [-0.1, -0.05) is 27.7 Å². The van der Waals surface area contributed by atoms with Gasteiger partial charge in [0.25, 0.3) is 0 Å². The van der Waals surface area contributed by atoms with Crippen molar-refractivity contribution >= 4 is 23.7 Å². The van der Waals surface area contributed by atoms with Crippen molar-refractivity contribution in [3.63, 3.8) is 0 Å². The number of carbonyl (C=O) groups excluding carboxylic acids is 4. The topological polar surface area (TPSA) is 171 Å². The highest BCUT2D eigenvalue weighted by Gasteiger charge is 2.92. The van der Waals surface area contributed by atoms with E-state index >= 15 is 4.79 Å². The van der Waals surface area contributed by atoms with Gasteiger partial charge >= 0.3 is 17.9 Å². The number of hydrogen-bond acceptors (Lipinski definition) is 12. The van der Waals surface area contributed by atoms with E-state index in [1.807, 2.05) is 26.8 Å². The molecule has 1 spiro atoms. The van der Waals surface area contributed by atoms with E-state index in [0.717, 1.165) is 5.56 Å². The fourth-order valence-electron chi connectivity index (χ4n) is 11.5. The van der Waals surface area contributed by atoms with Crippen LogP contribution in [0.15, 0.2) is 23.0 Å². The Morgan fingerprint density at radius 1 is 1.00 bits per heavy atom. The lowest BCUT2D eigenvalue weighted by molar-refractivity contribution is -0.374. The Morgan fingerprint density at radius 3 is 2.32 bits per heavy atom. The zero-order valence-electron chi connectivity index (χ0n) is 28.0. The average molecular weight is 659 g/mol. The summed E-state index contributed by atoms with van der Waals surface area (Å²) in [6.45, 7) is 11.5. The molecule has 4 saturated carbocycles. The number of esters is 3. The first-order valence-corrected chi connectivity index (χ1v) is 16.8. The third-order valence-electron chi connectivity index (χ3n) is 13.8. The van der Waals surface area contributed by atoms with Crippen LogP contribution in [-0.2, 0) is 42.9 Å². The first kappa shape index (κ1) is 32.7. The molecule has 7 rings (SSSR count). The van der Waals surface area contributed by atoms with Crippen molar-refractivity contribution in [2.75, 3.05) is 6.61 Å². The zero-order chi connectivity index (χ0) is 34.1. The Kier molecular flexibility index (Phi) is 7.21. The number of furan rings is 1. The Morgan fingerprint density at radius 2 is 1.70 bits per heavy atom. The van der Waals surface area contributed by atoms with Crippen molar-refractivity contribution in [3.8, 4) is 0 Å². The van der Waals surface area contributed by atoms with Crippen molar-refractivity contribution in [2.45, 2.75) is 122 Å². The van der Waals surface area contributed by atoms with Crippen molar-refractivity contribution in [3.05, 3.63) is 24.2 Å². The fourth-order valence-corrected chi connectivity index (χ4v) is 11.5. The largest absolute Gasteiger partial charge is 0.472 e. The van der Waals surface area contributed by atoms with Crippen LogP contribution in [-0.4, -0.2) is 82.9 Å². The van der Waals surface area contributed by atoms with E-state index in [4.69, 9.17) is 28.1 Å². The summed E-state index contributed by atoms with van der Waals surface area (Å²) < 4.78 is 36.3. The lowest BCUT2D eigenvalue weighted by Gasteiger charge is -2.73. The van der Waals surface area contributed by atoms with Crippen LogP contribution in [0, 0.1) is 39.4 Å². The average Bonchev–Trinajstić information content (AvgIpc) is 3.36. The summed E-state index contributed by atoms with van der Waals surface area (Å²) in [5.41, 5.74) is -5.14. The number of epoxide rings is 1. The molecule has 1 aromatic rings. The second kappa shape index (κ2) is 10.4. The van der Waals surface area contributed by atoms with Crippen molar-refractivity contribution in [1.82, 2.24) is 0 Å². The summed E-state index contributed by atoms with van der Waals surface area (Å²) in [5, 5.41) is 24.7. The summed E-state index contributed by atoms with van der Waals surface area (Å²) in [6, 6.07) is 1.84. The third kappa shape index (κ3) is 3.78. The van der Waals surface area contributed by atoms with Crippen molar-refractivity contribution < 1.29 is 57.5 Å². The molecular formula is C35H46O12. The van der Waals surface area contributed by atoms with Crippen LogP contribution in [0.3, 0.4) is 0 Å². The smallest absolute Gasteiger partial charge is 0.310 e. The normalized spacial score (nSPS) is 49.8. The van der Waals surface area contributed by atoms with Crippen LogP contribution in [0.25, 0.3) is 0 Å². The Labute approximate surface area is 273 Å². The van der Waals surface area contributed by atoms with Crippen LogP contribution in [0.2, 0.25) is 0 Å². The molecule has 6 fully saturated rings. The molecule has 258 valence electrons. The molecule has 3 heterocycles. The predicted octanol–water partition coefficient (Wildman–Crippen LogP) is 3.06. The van der Waals surface area contributed by atoms with E-state index in [9.17, 15) is 24.6 Å². The molecule has 15 atom stereocenters. The van der Waals surface area contributed by atoms with Gasteiger partial charge in [-0.2, -0.15) is 0 Å². The third-order valence-corrected chi connectivity index (χ3v) is 13.8. The molecule has 1 aromatic heterocycles. The second-order valence-corrected chi connectivity index (χ2v) is 15.6. The number of fused-ring (bicyclic) bond motifs is 1. The summed E-state index contributed by atoms with van der Waals surface area (Å²) in [5.74, 6) is -4.62. The van der Waals surface area contributed by atoms with E-state index < -0.39 is 99.4 Å². The van der Waals surface area contributed by atoms with Gasteiger partial charge in [-0.05, 0) is 43.7 Å². The van der Waals surface area contributed by atoms with Gasteiger partial charge in [0, 0.05) is 42.9 Å². The highest BCUT2D eigenvalue weighted by molar-refractivity contribution is 5.93. The molecule has 0 amide bonds. The van der Waals surface area contributed by atoms with Gasteiger partial charge in [-0.3, -0.25) is 19.2 Å². The van der Waals surface area contributed by atoms with Crippen LogP contribution in [0.4, 0.5) is 0 Å². The van der Waals surface area contributed by atoms with Crippen LogP contribution in [0.5, 0.6) is 0 Å². The molecule has 2 saturated heterocycles. The zero-order valence-corrected chi connectivity index (χ0v) is 28.0. The van der Waals surface area contributed by atoms with E-state index in [1.165, 1.54) is 13.8 Å². The molecule has 6 aliphatic rings. The van der Waals surface area contributed by atoms with Crippen molar-refractivity contribution in [1.29, 1.82) is 0 Å². The van der Waals surface area contributed by atoms with E-state index in [2.05, 4.69) is 0 Å². The van der Waals surface area contributed by atoms with Crippen molar-refractivity contribution in [2.24, 2.45) is 39.4 Å². The molecule has 2 aliphatic heterocycles. The van der Waals surface area contributed by atoms with E-state index in [1.54, 1.807) is 26.4 Å². The predicted molar refractivity (Wildman–Crippen MR) is 160 cm³/mol. The maximum atomic E-state index is 15.3. The molecular weight excluding hydrogens is 612 g/mol. The molecule has 2 bridgehead atoms. The number of aliphatic hydroxyl groups is 2. The molecule has 0 radical (unpaired) electrons. The minimum Gasteiger partial charge on any atom is -0.472 e. The molecule has 12 nitrogen and oxygen atoms in total. The summed E-state index contributed by atoms with van der Waals surface area (Å²) >= 11 is 0. The van der Waals surface area contributed by atoms with Gasteiger partial charge in [0.1, 0.15) is 11.7 Å². The molecule has 2 N–H and O–H groups in total. The molecule has 0 aromatic carbocycles. The summed E-state index contributed by atoms with van der Waals surface area (Å²) in [7, 11) is 0. The highest BCUT2D eigenvalue weighted by Crippen LogP contribution is 2.83. The first-order chi connectivity index (χ1) is 22.1. The number of ketones is 1. The van der Waals surface area contributed by atoms with Gasteiger partial charge in [0.05, 0.1) is 54.2 Å². The van der Waals surface area contributed by atoms with Gasteiger partial charge in [0.15, 0.2) is 11.9 Å². The lowest BCUT2D eigenvalue weighted by Crippen LogP contribution is -2.82. The Bertz CT molecular complexity index is 1490. The second-order valence-electron chi connectivity index (χ2n) is 15.6. The first-order valence-electron chi connectivity index (χ1n) is 16.8. The molecule has 2 unspecified atom stereocenters. The highest BCUT2D eigenvalue weighted by atomic mass is 16.7. The van der Waals surface area contributed by atoms with Gasteiger partial charge in [-0.15, -0.1) is 0 Å². The minimum absolute atomic E-state index is 0.0479. The number of ether oxygens (including phenoxy) is 5. The Hall–Kier alpha value is -2.80. The van der Waals surface area contributed by atoms with Gasteiger partial charge in [-0.25, -0.2) is 0 Å². The van der Waals surface area contributed by atoms with E-state index in [0.29, 0.717) is 12.8 Å². The number of Topliss-reactive ketones (excluding diaryl/α,β-unsaturated/α-hetero) is 1. The summed E-state index contributed by atoms with van der Waals surface area (Å²) in [6.07, 6.45) is -1.82. The van der Waals surface area contributed by atoms with Crippen LogP contribution in [0.1, 0.15) is 85.6 Å². The maximum absolute atomic E-state index is 15.3. The SMILES string of the molecule is CCC(C)C(=O)O[C@@H]1OC[C@@]23[C@H]4C(=O)[C@H](OC(C)=O)[C@@]5(C)[C@H](c6ccoc6)C[C@H]6O[C@]65[C@]4(C)[C@H](O)C[C@H]2C1(C)[C@H](OC(C)=O)C[C@@H]3O. The Balaban J connectivity index is 1.40. The van der Waals surface area contributed by atoms with Crippen LogP contribution < -0.4 is 0 Å². The number of hydrogen-bond donors (Lipinski definition) is 2. The summed E-state index contributed by atoms with van der Waals surface area (Å²) in [4.78, 5) is 53.6. The maximum Gasteiger partial charge on any atom is 0.310 e. The molecule has 12 heteroatoms. The fraction of sp³-hybridized carbons (Fsp3) is 0.771. The van der Waals surface area contributed by atoms with Gasteiger partial charge < -0.3 is 38.3 Å². The van der Waals surface area contributed by atoms with E-state index in [-0.39, 0.29) is 31.5 Å². The van der Waals surface area contributed by atoms with Gasteiger partial charge in [0.2, 0.25) is 6.29 Å².